The van der Waals surface area contributed by atoms with Crippen molar-refractivity contribution >= 4 is 34.8 Å². The fraction of sp³-hybridized carbons (Fsp3) is 0.355. The number of rotatable bonds is 7. The van der Waals surface area contributed by atoms with Crippen molar-refractivity contribution in [2.24, 2.45) is 0 Å². The lowest BCUT2D eigenvalue weighted by atomic mass is 9.84. The van der Waals surface area contributed by atoms with Gasteiger partial charge >= 0.3 is 0 Å². The van der Waals surface area contributed by atoms with Gasteiger partial charge in [0.05, 0.1) is 10.7 Å². The maximum atomic E-state index is 12.7. The summed E-state index contributed by atoms with van der Waals surface area (Å²) in [5, 5.41) is 3.43. The summed E-state index contributed by atoms with van der Waals surface area (Å²) >= 11 is 6.59. The van der Waals surface area contributed by atoms with E-state index in [-0.39, 0.29) is 18.4 Å². The van der Waals surface area contributed by atoms with Crippen molar-refractivity contribution in [3.63, 3.8) is 0 Å². The van der Waals surface area contributed by atoms with Gasteiger partial charge in [0.2, 0.25) is 0 Å². The Morgan fingerprint density at radius 2 is 1.58 bits per heavy atom. The van der Waals surface area contributed by atoms with Gasteiger partial charge in [0, 0.05) is 37.4 Å². The van der Waals surface area contributed by atoms with Crippen LogP contribution >= 0.6 is 11.6 Å². The van der Waals surface area contributed by atoms with Gasteiger partial charge in [0.25, 0.3) is 11.8 Å². The van der Waals surface area contributed by atoms with E-state index in [1.807, 2.05) is 59.5 Å². The summed E-state index contributed by atoms with van der Waals surface area (Å²) in [6.45, 7) is 2.57. The molecule has 0 bridgehead atoms. The summed E-state index contributed by atoms with van der Waals surface area (Å²) in [4.78, 5) is 29.2. The molecule has 1 heterocycles. The number of anilines is 2. The number of nitrogens with one attached hydrogen (secondary N) is 1. The summed E-state index contributed by atoms with van der Waals surface area (Å²) in [5.74, 6) is 1.16. The molecule has 5 rings (SSSR count). The molecule has 1 aliphatic carbocycles. The number of carbonyl (C=O) groups excluding carboxylic acids is 2. The molecular weight excluding hydrogens is 498 g/mol. The molecule has 0 radical (unpaired) electrons. The zero-order chi connectivity index (χ0) is 26.3. The van der Waals surface area contributed by atoms with Gasteiger partial charge in [-0.2, -0.15) is 0 Å². The Labute approximate surface area is 229 Å². The maximum Gasteiger partial charge on any atom is 0.262 e. The van der Waals surface area contributed by atoms with Crippen molar-refractivity contribution in [1.29, 1.82) is 0 Å². The molecule has 0 unspecified atom stereocenters. The first-order valence-electron chi connectivity index (χ1n) is 13.5. The number of hydrogen-bond donors (Lipinski definition) is 1. The monoisotopic (exact) mass is 531 g/mol. The fourth-order valence-electron chi connectivity index (χ4n) is 5.37. The second kappa shape index (κ2) is 12.4. The van der Waals surface area contributed by atoms with E-state index in [1.54, 1.807) is 6.07 Å². The second-order valence-electron chi connectivity index (χ2n) is 10.1. The zero-order valence-electron chi connectivity index (χ0n) is 21.6. The molecule has 1 N–H and O–H groups in total. The van der Waals surface area contributed by atoms with E-state index in [2.05, 4.69) is 22.3 Å². The van der Waals surface area contributed by atoms with Crippen LogP contribution in [0.1, 0.15) is 53.9 Å². The first-order chi connectivity index (χ1) is 18.6. The fourth-order valence-corrected chi connectivity index (χ4v) is 5.67. The van der Waals surface area contributed by atoms with Crippen LogP contribution in [0.15, 0.2) is 72.8 Å². The molecule has 1 saturated heterocycles. The van der Waals surface area contributed by atoms with Gasteiger partial charge in [-0.15, -0.1) is 0 Å². The third-order valence-corrected chi connectivity index (χ3v) is 7.79. The average Bonchev–Trinajstić information content (AvgIpc) is 2.97. The molecule has 3 aromatic carbocycles. The standard InChI is InChI=1S/C31H34ClN3O3/c32-28-21-26(33-30(36)22-38-27-14-11-24(12-15-27)23-7-3-1-4-8-23)13-16-29(28)34-17-19-35(20-18-34)31(37)25-9-5-2-6-10-25/h2,5-6,9-16,21,23H,1,3-4,7-8,17-20,22H2,(H,33,36). The van der Waals surface area contributed by atoms with Crippen molar-refractivity contribution in [2.45, 2.75) is 38.0 Å². The third kappa shape index (κ3) is 6.48. The van der Waals surface area contributed by atoms with Crippen molar-refractivity contribution in [3.8, 4) is 5.75 Å². The van der Waals surface area contributed by atoms with E-state index >= 15 is 0 Å². The van der Waals surface area contributed by atoms with Gasteiger partial charge in [-0.05, 0) is 66.8 Å². The summed E-state index contributed by atoms with van der Waals surface area (Å²) in [6.07, 6.45) is 6.47. The van der Waals surface area contributed by atoms with Gasteiger partial charge in [0.1, 0.15) is 5.75 Å². The molecule has 0 spiro atoms. The summed E-state index contributed by atoms with van der Waals surface area (Å²) in [6, 6.07) is 23.0. The zero-order valence-corrected chi connectivity index (χ0v) is 22.3. The van der Waals surface area contributed by atoms with Gasteiger partial charge in [0.15, 0.2) is 6.61 Å². The number of piperazine rings is 1. The molecule has 1 saturated carbocycles. The molecule has 2 fully saturated rings. The molecule has 0 aromatic heterocycles. The highest BCUT2D eigenvalue weighted by Crippen LogP contribution is 2.33. The Morgan fingerprint density at radius 1 is 0.868 bits per heavy atom. The molecular formula is C31H34ClN3O3. The van der Waals surface area contributed by atoms with Crippen LogP contribution in [0.4, 0.5) is 11.4 Å². The largest absolute Gasteiger partial charge is 0.484 e. The van der Waals surface area contributed by atoms with E-state index < -0.39 is 0 Å². The van der Waals surface area contributed by atoms with Gasteiger partial charge in [-0.3, -0.25) is 9.59 Å². The average molecular weight is 532 g/mol. The Balaban J connectivity index is 1.10. The maximum absolute atomic E-state index is 12.7. The van der Waals surface area contributed by atoms with E-state index in [4.69, 9.17) is 16.3 Å². The van der Waals surface area contributed by atoms with Gasteiger partial charge in [-0.1, -0.05) is 61.2 Å². The minimum Gasteiger partial charge on any atom is -0.484 e. The molecule has 7 heteroatoms. The Hall–Kier alpha value is -3.51. The lowest BCUT2D eigenvalue weighted by Crippen LogP contribution is -2.48. The van der Waals surface area contributed by atoms with E-state index in [9.17, 15) is 9.59 Å². The summed E-state index contributed by atoms with van der Waals surface area (Å²) < 4.78 is 5.71. The van der Waals surface area contributed by atoms with Crippen LogP contribution in [-0.4, -0.2) is 49.5 Å². The lowest BCUT2D eigenvalue weighted by molar-refractivity contribution is -0.118. The SMILES string of the molecule is O=C(COc1ccc(C2CCCCC2)cc1)Nc1ccc(N2CCN(C(=O)c3ccccc3)CC2)c(Cl)c1. The summed E-state index contributed by atoms with van der Waals surface area (Å²) in [5.41, 5.74) is 3.59. The number of hydrogen-bond acceptors (Lipinski definition) is 4. The predicted octanol–water partition coefficient (Wildman–Crippen LogP) is 6.37. The van der Waals surface area contributed by atoms with Crippen LogP contribution < -0.4 is 15.0 Å². The Kier molecular flexibility index (Phi) is 8.49. The van der Waals surface area contributed by atoms with Crippen LogP contribution in [0, 0.1) is 0 Å². The molecule has 3 aromatic rings. The minimum atomic E-state index is -0.238. The number of nitrogens with zero attached hydrogens (tertiary/aromatic N) is 2. The van der Waals surface area contributed by atoms with E-state index in [1.165, 1.54) is 37.7 Å². The third-order valence-electron chi connectivity index (χ3n) is 7.49. The smallest absolute Gasteiger partial charge is 0.262 e. The Morgan fingerprint density at radius 3 is 2.26 bits per heavy atom. The van der Waals surface area contributed by atoms with Gasteiger partial charge < -0.3 is 19.9 Å². The molecule has 0 atom stereocenters. The van der Waals surface area contributed by atoms with Gasteiger partial charge in [-0.25, -0.2) is 0 Å². The summed E-state index contributed by atoms with van der Waals surface area (Å²) in [7, 11) is 0. The molecule has 6 nitrogen and oxygen atoms in total. The van der Waals surface area contributed by atoms with Crippen molar-refractivity contribution in [2.75, 3.05) is 43.0 Å². The molecule has 2 aliphatic rings. The first kappa shape index (κ1) is 26.1. The molecule has 1 aliphatic heterocycles. The normalized spacial score (nSPS) is 16.2. The molecule has 2 amide bonds. The second-order valence-corrected chi connectivity index (χ2v) is 10.5. The minimum absolute atomic E-state index is 0.0526. The molecule has 198 valence electrons. The highest BCUT2D eigenvalue weighted by atomic mass is 35.5. The lowest BCUT2D eigenvalue weighted by Gasteiger charge is -2.36. The van der Waals surface area contributed by atoms with Crippen LogP contribution in [0.5, 0.6) is 5.75 Å². The van der Waals surface area contributed by atoms with E-state index in [0.717, 1.165) is 5.69 Å². The van der Waals surface area contributed by atoms with Crippen LogP contribution in [-0.2, 0) is 4.79 Å². The number of amides is 2. The van der Waals surface area contributed by atoms with Crippen molar-refractivity contribution in [3.05, 3.63) is 88.9 Å². The topological polar surface area (TPSA) is 61.9 Å². The molecule has 38 heavy (non-hydrogen) atoms. The number of carbonyl (C=O) groups is 2. The van der Waals surface area contributed by atoms with Crippen molar-refractivity contribution < 1.29 is 14.3 Å². The van der Waals surface area contributed by atoms with E-state index in [0.29, 0.717) is 54.1 Å². The van der Waals surface area contributed by atoms with Crippen LogP contribution in [0.2, 0.25) is 5.02 Å². The number of benzene rings is 3. The van der Waals surface area contributed by atoms with Crippen LogP contribution in [0.3, 0.4) is 0 Å². The van der Waals surface area contributed by atoms with Crippen molar-refractivity contribution in [1.82, 2.24) is 4.90 Å². The highest BCUT2D eigenvalue weighted by molar-refractivity contribution is 6.33. The van der Waals surface area contributed by atoms with Crippen LogP contribution in [0.25, 0.3) is 0 Å². The Bertz CT molecular complexity index is 1230. The quantitative estimate of drug-likeness (QED) is 0.385. The number of halogens is 1. The first-order valence-corrected chi connectivity index (χ1v) is 13.9. The highest BCUT2D eigenvalue weighted by Gasteiger charge is 2.23. The number of ether oxygens (including phenoxy) is 1. The predicted molar refractivity (Wildman–Crippen MR) is 152 cm³/mol.